The smallest absolute Gasteiger partial charge is 0.123 e. The van der Waals surface area contributed by atoms with Crippen LogP contribution >= 0.6 is 0 Å². The van der Waals surface area contributed by atoms with Crippen molar-refractivity contribution in [1.82, 2.24) is 4.90 Å². The van der Waals surface area contributed by atoms with E-state index in [0.717, 1.165) is 18.7 Å². The minimum Gasteiger partial charge on any atom is -0.383 e. The van der Waals surface area contributed by atoms with Gasteiger partial charge in [0.2, 0.25) is 0 Å². The van der Waals surface area contributed by atoms with Crippen molar-refractivity contribution in [2.24, 2.45) is 5.73 Å². The summed E-state index contributed by atoms with van der Waals surface area (Å²) in [5.74, 6) is -0.216. The molecule has 1 aromatic carbocycles. The molecule has 1 atom stereocenters. The topological polar surface area (TPSA) is 47.7 Å². The second kappa shape index (κ2) is 9.10. The van der Waals surface area contributed by atoms with E-state index in [0.29, 0.717) is 26.2 Å². The Morgan fingerprint density at radius 1 is 1.19 bits per heavy atom. The van der Waals surface area contributed by atoms with E-state index < -0.39 is 0 Å². The molecule has 0 aliphatic heterocycles. The second-order valence-electron chi connectivity index (χ2n) is 5.48. The molecule has 1 rings (SSSR count). The summed E-state index contributed by atoms with van der Waals surface area (Å²) >= 11 is 0. The average Bonchev–Trinajstić information content (AvgIpc) is 2.47. The fourth-order valence-corrected chi connectivity index (χ4v) is 2.45. The van der Waals surface area contributed by atoms with Gasteiger partial charge in [-0.15, -0.1) is 0 Å². The predicted octanol–water partition coefficient (Wildman–Crippen LogP) is 1.68. The van der Waals surface area contributed by atoms with Gasteiger partial charge in [-0.1, -0.05) is 12.1 Å². The average molecular weight is 298 g/mol. The molecule has 1 unspecified atom stereocenters. The number of benzene rings is 1. The van der Waals surface area contributed by atoms with Crippen LogP contribution in [0.1, 0.15) is 12.5 Å². The summed E-state index contributed by atoms with van der Waals surface area (Å²) in [6.45, 7) is 5.37. The molecule has 0 heterocycles. The second-order valence-corrected chi connectivity index (χ2v) is 5.48. The van der Waals surface area contributed by atoms with Crippen LogP contribution in [-0.2, 0) is 15.9 Å². The van der Waals surface area contributed by atoms with E-state index in [1.807, 2.05) is 6.07 Å². The first-order valence-electron chi connectivity index (χ1n) is 7.23. The van der Waals surface area contributed by atoms with Gasteiger partial charge in [0.25, 0.3) is 0 Å². The first kappa shape index (κ1) is 18.0. The number of ether oxygens (including phenoxy) is 2. The lowest BCUT2D eigenvalue weighted by atomic mass is 9.90. The number of halogens is 1. The van der Waals surface area contributed by atoms with Crippen LogP contribution in [0.15, 0.2) is 24.3 Å². The van der Waals surface area contributed by atoms with Crippen LogP contribution in [0.2, 0.25) is 0 Å². The molecule has 0 radical (unpaired) electrons. The van der Waals surface area contributed by atoms with Gasteiger partial charge in [-0.3, -0.25) is 4.90 Å². The third kappa shape index (κ3) is 5.71. The molecule has 0 bridgehead atoms. The Hall–Kier alpha value is -1.01. The molecule has 120 valence electrons. The molecule has 5 heteroatoms. The number of nitrogens with two attached hydrogens (primary N) is 1. The molecule has 0 saturated heterocycles. The normalized spacial score (nSPS) is 14.4. The van der Waals surface area contributed by atoms with Crippen molar-refractivity contribution in [2.75, 3.05) is 47.1 Å². The Balaban J connectivity index is 2.85. The van der Waals surface area contributed by atoms with Crippen molar-refractivity contribution in [1.29, 1.82) is 0 Å². The van der Waals surface area contributed by atoms with E-state index in [-0.39, 0.29) is 11.4 Å². The standard InChI is InChI=1S/C16H27FN2O2/c1-16(13-18,12-14-5-4-6-15(17)11-14)19(7-9-20-2)8-10-21-3/h4-6,11H,7-10,12-13,18H2,1-3H3. The van der Waals surface area contributed by atoms with Gasteiger partial charge in [0.1, 0.15) is 5.82 Å². The van der Waals surface area contributed by atoms with Gasteiger partial charge in [0.05, 0.1) is 13.2 Å². The zero-order chi connectivity index (χ0) is 15.7. The van der Waals surface area contributed by atoms with Crippen LogP contribution in [0.25, 0.3) is 0 Å². The van der Waals surface area contributed by atoms with E-state index in [9.17, 15) is 4.39 Å². The Morgan fingerprint density at radius 2 is 1.81 bits per heavy atom. The minimum absolute atomic E-state index is 0.216. The maximum atomic E-state index is 13.4. The largest absolute Gasteiger partial charge is 0.383 e. The molecule has 0 aliphatic carbocycles. The van der Waals surface area contributed by atoms with E-state index in [4.69, 9.17) is 15.2 Å². The van der Waals surface area contributed by atoms with Gasteiger partial charge in [-0.2, -0.15) is 0 Å². The number of methoxy groups -OCH3 is 2. The molecule has 0 aromatic heterocycles. The molecule has 0 spiro atoms. The Labute approximate surface area is 127 Å². The Morgan fingerprint density at radius 3 is 2.29 bits per heavy atom. The number of hydrogen-bond donors (Lipinski definition) is 1. The van der Waals surface area contributed by atoms with E-state index >= 15 is 0 Å². The fraction of sp³-hybridized carbons (Fsp3) is 0.625. The van der Waals surface area contributed by atoms with Crippen LogP contribution in [0, 0.1) is 5.82 Å². The predicted molar refractivity (Wildman–Crippen MR) is 82.9 cm³/mol. The lowest BCUT2D eigenvalue weighted by Gasteiger charge is -2.41. The van der Waals surface area contributed by atoms with Crippen molar-refractivity contribution < 1.29 is 13.9 Å². The molecule has 21 heavy (non-hydrogen) atoms. The van der Waals surface area contributed by atoms with Crippen LogP contribution in [0.3, 0.4) is 0 Å². The third-order valence-corrected chi connectivity index (χ3v) is 3.81. The maximum absolute atomic E-state index is 13.4. The van der Waals surface area contributed by atoms with Crippen molar-refractivity contribution >= 4 is 0 Å². The maximum Gasteiger partial charge on any atom is 0.123 e. The zero-order valence-corrected chi connectivity index (χ0v) is 13.3. The molecule has 1 aromatic rings. The molecule has 0 saturated carbocycles. The van der Waals surface area contributed by atoms with Gasteiger partial charge in [0.15, 0.2) is 0 Å². The first-order valence-corrected chi connectivity index (χ1v) is 7.23. The monoisotopic (exact) mass is 298 g/mol. The number of hydrogen-bond acceptors (Lipinski definition) is 4. The summed E-state index contributed by atoms with van der Waals surface area (Å²) in [5.41, 5.74) is 6.71. The van der Waals surface area contributed by atoms with Crippen LogP contribution in [0.4, 0.5) is 4.39 Å². The summed E-state index contributed by atoms with van der Waals surface area (Å²) in [5, 5.41) is 0. The van der Waals surface area contributed by atoms with Gasteiger partial charge < -0.3 is 15.2 Å². The highest BCUT2D eigenvalue weighted by molar-refractivity contribution is 5.19. The zero-order valence-electron chi connectivity index (χ0n) is 13.3. The lowest BCUT2D eigenvalue weighted by molar-refractivity contribution is 0.0460. The van der Waals surface area contributed by atoms with Gasteiger partial charge in [0, 0.05) is 39.4 Å². The van der Waals surface area contributed by atoms with Gasteiger partial charge in [-0.05, 0) is 31.0 Å². The van der Waals surface area contributed by atoms with Crippen LogP contribution in [-0.4, -0.2) is 57.5 Å². The summed E-state index contributed by atoms with van der Waals surface area (Å²) in [4.78, 5) is 2.25. The molecular weight excluding hydrogens is 271 g/mol. The number of nitrogens with zero attached hydrogens (tertiary/aromatic N) is 1. The van der Waals surface area contributed by atoms with E-state index in [2.05, 4.69) is 11.8 Å². The summed E-state index contributed by atoms with van der Waals surface area (Å²) in [6.07, 6.45) is 0.689. The quantitative estimate of drug-likeness (QED) is 0.714. The highest BCUT2D eigenvalue weighted by Gasteiger charge is 2.30. The first-order chi connectivity index (χ1) is 10.1. The highest BCUT2D eigenvalue weighted by atomic mass is 19.1. The third-order valence-electron chi connectivity index (χ3n) is 3.81. The van der Waals surface area contributed by atoms with Gasteiger partial charge in [-0.25, -0.2) is 4.39 Å². The summed E-state index contributed by atoms with van der Waals surface area (Å²) < 4.78 is 23.7. The minimum atomic E-state index is -0.259. The van der Waals surface area contributed by atoms with Crippen molar-refractivity contribution in [2.45, 2.75) is 18.9 Å². The molecular formula is C16H27FN2O2. The SMILES string of the molecule is COCCN(CCOC)C(C)(CN)Cc1cccc(F)c1. The van der Waals surface area contributed by atoms with Crippen molar-refractivity contribution in [3.63, 3.8) is 0 Å². The lowest BCUT2D eigenvalue weighted by Crippen LogP contribution is -2.55. The van der Waals surface area contributed by atoms with E-state index in [1.165, 1.54) is 6.07 Å². The van der Waals surface area contributed by atoms with Crippen LogP contribution < -0.4 is 5.73 Å². The van der Waals surface area contributed by atoms with Gasteiger partial charge >= 0.3 is 0 Å². The molecule has 0 fully saturated rings. The number of rotatable bonds is 10. The van der Waals surface area contributed by atoms with Crippen molar-refractivity contribution in [3.8, 4) is 0 Å². The van der Waals surface area contributed by atoms with E-state index in [1.54, 1.807) is 26.4 Å². The van der Waals surface area contributed by atoms with Crippen LogP contribution in [0.5, 0.6) is 0 Å². The van der Waals surface area contributed by atoms with Crippen molar-refractivity contribution in [3.05, 3.63) is 35.6 Å². The Kier molecular flexibility index (Phi) is 7.82. The summed E-state index contributed by atoms with van der Waals surface area (Å²) in [6, 6.07) is 6.69. The highest BCUT2D eigenvalue weighted by Crippen LogP contribution is 2.20. The summed E-state index contributed by atoms with van der Waals surface area (Å²) in [7, 11) is 3.36. The molecule has 0 amide bonds. The fourth-order valence-electron chi connectivity index (χ4n) is 2.45. The molecule has 2 N–H and O–H groups in total. The molecule has 0 aliphatic rings. The molecule has 4 nitrogen and oxygen atoms in total. The Bertz CT molecular complexity index is 409.